The Labute approximate surface area is 152 Å². The summed E-state index contributed by atoms with van der Waals surface area (Å²) in [6.07, 6.45) is 1.31. The van der Waals surface area contributed by atoms with E-state index in [-0.39, 0.29) is 24.0 Å². The molecule has 1 aromatic carbocycles. The number of nitrogens with one attached hydrogen (secondary N) is 1. The van der Waals surface area contributed by atoms with Gasteiger partial charge in [-0.25, -0.2) is 0 Å². The maximum absolute atomic E-state index is 13.4. The Bertz CT molecular complexity index is 841. The van der Waals surface area contributed by atoms with Gasteiger partial charge in [0.1, 0.15) is 0 Å². The summed E-state index contributed by atoms with van der Waals surface area (Å²) in [4.78, 5) is 37.1. The molecule has 0 saturated carbocycles. The number of hydrogen-bond acceptors (Lipinski definition) is 5. The molecule has 1 aliphatic heterocycles. The fraction of sp³-hybridized carbons (Fsp3) is 0.294. The van der Waals surface area contributed by atoms with Crippen molar-refractivity contribution in [2.24, 2.45) is 5.92 Å². The van der Waals surface area contributed by atoms with E-state index in [0.29, 0.717) is 24.3 Å². The molecule has 2 amide bonds. The summed E-state index contributed by atoms with van der Waals surface area (Å²) in [6.45, 7) is 0.869. The van der Waals surface area contributed by atoms with E-state index in [1.165, 1.54) is 17.4 Å². The van der Waals surface area contributed by atoms with Crippen LogP contribution in [0.15, 0.2) is 35.7 Å². The van der Waals surface area contributed by atoms with Crippen LogP contribution in [0.25, 0.3) is 0 Å². The lowest BCUT2D eigenvalue weighted by molar-refractivity contribution is -0.387. The van der Waals surface area contributed by atoms with Crippen LogP contribution in [0.2, 0.25) is 0 Å². The van der Waals surface area contributed by atoms with Gasteiger partial charge in [-0.1, -0.05) is 6.07 Å². The smallest absolute Gasteiger partial charge is 0.306 e. The topological polar surface area (TPSA) is 92.5 Å². The lowest BCUT2D eigenvalue weighted by Crippen LogP contribution is -2.43. The van der Waals surface area contributed by atoms with Gasteiger partial charge in [0.2, 0.25) is 11.7 Å². The van der Waals surface area contributed by atoms with Gasteiger partial charge in [-0.15, -0.1) is 11.3 Å². The SMILES string of the molecule is O=C(Nc1ccc(F)c([N+](=O)[O-])c1)C1CCCN(C(=O)c2cccs2)C1. The second-order valence-corrected chi connectivity index (χ2v) is 6.93. The van der Waals surface area contributed by atoms with Crippen LogP contribution in [-0.4, -0.2) is 34.7 Å². The first-order valence-corrected chi connectivity index (χ1v) is 8.91. The third-order valence-corrected chi connectivity index (χ3v) is 5.08. The van der Waals surface area contributed by atoms with E-state index in [9.17, 15) is 24.1 Å². The van der Waals surface area contributed by atoms with Crippen molar-refractivity contribution in [1.82, 2.24) is 4.90 Å². The van der Waals surface area contributed by atoms with Crippen molar-refractivity contribution in [1.29, 1.82) is 0 Å². The van der Waals surface area contributed by atoms with E-state index < -0.39 is 22.3 Å². The number of nitro groups is 1. The van der Waals surface area contributed by atoms with Gasteiger partial charge in [-0.3, -0.25) is 19.7 Å². The molecule has 1 saturated heterocycles. The first-order chi connectivity index (χ1) is 12.5. The molecular weight excluding hydrogens is 361 g/mol. The third kappa shape index (κ3) is 3.88. The molecule has 2 heterocycles. The van der Waals surface area contributed by atoms with Crippen LogP contribution >= 0.6 is 11.3 Å². The number of nitrogens with zero attached hydrogens (tertiary/aromatic N) is 2. The lowest BCUT2D eigenvalue weighted by Gasteiger charge is -2.31. The van der Waals surface area contributed by atoms with Gasteiger partial charge in [0.15, 0.2) is 0 Å². The molecular formula is C17H16FN3O4S. The Balaban J connectivity index is 1.67. The second kappa shape index (κ2) is 7.61. The molecule has 1 aliphatic rings. The predicted molar refractivity (Wildman–Crippen MR) is 94.6 cm³/mol. The van der Waals surface area contributed by atoms with Crippen LogP contribution in [0.1, 0.15) is 22.5 Å². The number of rotatable bonds is 4. The van der Waals surface area contributed by atoms with E-state index in [4.69, 9.17) is 0 Å². The quantitative estimate of drug-likeness (QED) is 0.654. The normalized spacial score (nSPS) is 17.0. The van der Waals surface area contributed by atoms with Crippen molar-refractivity contribution in [2.75, 3.05) is 18.4 Å². The minimum absolute atomic E-state index is 0.102. The summed E-state index contributed by atoms with van der Waals surface area (Å²) in [5.41, 5.74) is -0.536. The molecule has 0 bridgehead atoms. The number of hydrogen-bond donors (Lipinski definition) is 1. The minimum atomic E-state index is -0.960. The van der Waals surface area contributed by atoms with E-state index >= 15 is 0 Å². The highest BCUT2D eigenvalue weighted by molar-refractivity contribution is 7.12. The van der Waals surface area contributed by atoms with E-state index in [1.54, 1.807) is 17.0 Å². The van der Waals surface area contributed by atoms with E-state index in [0.717, 1.165) is 12.1 Å². The van der Waals surface area contributed by atoms with Gasteiger partial charge >= 0.3 is 5.69 Å². The van der Waals surface area contributed by atoms with Crippen LogP contribution in [0.4, 0.5) is 15.8 Å². The zero-order valence-corrected chi connectivity index (χ0v) is 14.5. The first-order valence-electron chi connectivity index (χ1n) is 8.03. The number of piperidine rings is 1. The van der Waals surface area contributed by atoms with Crippen molar-refractivity contribution in [2.45, 2.75) is 12.8 Å². The van der Waals surface area contributed by atoms with Crippen LogP contribution in [0, 0.1) is 21.8 Å². The average molecular weight is 377 g/mol. The number of benzene rings is 1. The monoisotopic (exact) mass is 377 g/mol. The highest BCUT2D eigenvalue weighted by Gasteiger charge is 2.29. The van der Waals surface area contributed by atoms with Crippen molar-refractivity contribution < 1.29 is 18.9 Å². The van der Waals surface area contributed by atoms with E-state index in [1.807, 2.05) is 5.38 Å². The van der Waals surface area contributed by atoms with Crippen molar-refractivity contribution >= 4 is 34.5 Å². The Morgan fingerprint density at radius 2 is 2.15 bits per heavy atom. The molecule has 0 spiro atoms. The number of anilines is 1. The Morgan fingerprint density at radius 1 is 1.35 bits per heavy atom. The van der Waals surface area contributed by atoms with Crippen molar-refractivity contribution in [3.8, 4) is 0 Å². The molecule has 3 rings (SSSR count). The van der Waals surface area contributed by atoms with Crippen LogP contribution in [-0.2, 0) is 4.79 Å². The summed E-state index contributed by atoms with van der Waals surface area (Å²) in [5.74, 6) is -1.82. The average Bonchev–Trinajstić information content (AvgIpc) is 3.17. The number of thiophene rings is 1. The van der Waals surface area contributed by atoms with Gasteiger partial charge < -0.3 is 10.2 Å². The van der Waals surface area contributed by atoms with Gasteiger partial charge in [0.05, 0.1) is 15.7 Å². The van der Waals surface area contributed by atoms with Crippen LogP contribution in [0.5, 0.6) is 0 Å². The van der Waals surface area contributed by atoms with E-state index in [2.05, 4.69) is 5.32 Å². The molecule has 1 aromatic heterocycles. The van der Waals surface area contributed by atoms with Crippen molar-refractivity contribution in [3.05, 3.63) is 56.5 Å². The van der Waals surface area contributed by atoms with Gasteiger partial charge in [-0.05, 0) is 36.4 Å². The van der Waals surface area contributed by atoms with Crippen LogP contribution in [0.3, 0.4) is 0 Å². The lowest BCUT2D eigenvalue weighted by atomic mass is 9.97. The summed E-state index contributed by atoms with van der Waals surface area (Å²) in [5, 5.41) is 15.2. The zero-order valence-electron chi connectivity index (χ0n) is 13.7. The molecule has 1 atom stereocenters. The maximum atomic E-state index is 13.4. The number of nitro benzene ring substituents is 1. The van der Waals surface area contributed by atoms with Gasteiger partial charge in [0, 0.05) is 24.8 Å². The van der Waals surface area contributed by atoms with Gasteiger partial charge in [-0.2, -0.15) is 4.39 Å². The molecule has 0 radical (unpaired) electrons. The molecule has 7 nitrogen and oxygen atoms in total. The third-order valence-electron chi connectivity index (χ3n) is 4.22. The molecule has 0 aliphatic carbocycles. The Morgan fingerprint density at radius 3 is 2.85 bits per heavy atom. The summed E-state index contributed by atoms with van der Waals surface area (Å²) < 4.78 is 13.4. The maximum Gasteiger partial charge on any atom is 0.306 e. The summed E-state index contributed by atoms with van der Waals surface area (Å²) in [6, 6.07) is 6.76. The molecule has 2 aromatic rings. The predicted octanol–water partition coefficient (Wildman–Crippen LogP) is 3.29. The highest BCUT2D eigenvalue weighted by Crippen LogP contribution is 2.24. The molecule has 136 valence electrons. The van der Waals surface area contributed by atoms with Crippen LogP contribution < -0.4 is 5.32 Å². The molecule has 1 N–H and O–H groups in total. The Hall–Kier alpha value is -2.81. The molecule has 9 heteroatoms. The molecule has 1 unspecified atom stereocenters. The number of amides is 2. The largest absolute Gasteiger partial charge is 0.337 e. The summed E-state index contributed by atoms with van der Waals surface area (Å²) in [7, 11) is 0. The number of carbonyl (C=O) groups excluding carboxylic acids is 2. The number of likely N-dealkylation sites (tertiary alicyclic amines) is 1. The second-order valence-electron chi connectivity index (χ2n) is 5.98. The number of halogens is 1. The zero-order chi connectivity index (χ0) is 18.7. The number of carbonyl (C=O) groups is 2. The molecule has 1 fully saturated rings. The fourth-order valence-corrected chi connectivity index (χ4v) is 3.60. The van der Waals surface area contributed by atoms with Gasteiger partial charge in [0.25, 0.3) is 5.91 Å². The van der Waals surface area contributed by atoms with Crippen molar-refractivity contribution in [3.63, 3.8) is 0 Å². The first kappa shape index (κ1) is 18.0. The molecule has 26 heavy (non-hydrogen) atoms. The minimum Gasteiger partial charge on any atom is -0.337 e. The summed E-state index contributed by atoms with van der Waals surface area (Å²) >= 11 is 1.35. The standard InChI is InChI=1S/C17H16FN3O4S/c18-13-6-5-12(9-14(13)21(24)25)19-16(22)11-3-1-7-20(10-11)17(23)15-4-2-8-26-15/h2,4-6,8-9,11H,1,3,7,10H2,(H,19,22). The fourth-order valence-electron chi connectivity index (χ4n) is 2.91. The highest BCUT2D eigenvalue weighted by atomic mass is 32.1. The Kier molecular flexibility index (Phi) is 5.27.